The van der Waals surface area contributed by atoms with Gasteiger partial charge in [0.1, 0.15) is 0 Å². The van der Waals surface area contributed by atoms with Crippen molar-refractivity contribution >= 4 is 15.9 Å². The average Bonchev–Trinajstić information content (AvgIpc) is 3.15. The van der Waals surface area contributed by atoms with Crippen molar-refractivity contribution in [1.29, 1.82) is 0 Å². The number of carbonyl (C=O) groups is 1. The number of aryl methyl sites for hydroxylation is 1. The lowest BCUT2D eigenvalue weighted by Crippen LogP contribution is -2.49. The van der Waals surface area contributed by atoms with Gasteiger partial charge in [0.15, 0.2) is 5.78 Å². The molecule has 1 aromatic carbocycles. The van der Waals surface area contributed by atoms with Gasteiger partial charge in [-0.3, -0.25) is 8.98 Å². The van der Waals surface area contributed by atoms with Crippen LogP contribution in [0.3, 0.4) is 0 Å². The van der Waals surface area contributed by atoms with Gasteiger partial charge in [-0.1, -0.05) is 50.6 Å². The number of benzene rings is 1. The zero-order chi connectivity index (χ0) is 24.3. The monoisotopic (exact) mass is 482 g/mol. The summed E-state index contributed by atoms with van der Waals surface area (Å²) in [6.07, 6.45) is 12.9. The van der Waals surface area contributed by atoms with Gasteiger partial charge in [0, 0.05) is 6.42 Å². The molecule has 0 N–H and O–H groups in total. The summed E-state index contributed by atoms with van der Waals surface area (Å²) in [5.74, 6) is 2.66. The predicted molar refractivity (Wildman–Crippen MR) is 134 cm³/mol. The first-order valence-corrected chi connectivity index (χ1v) is 14.3. The normalized spacial score (nSPS) is 38.0. The summed E-state index contributed by atoms with van der Waals surface area (Å²) in [5.41, 5.74) is 2.58. The number of ketones is 1. The molecular formula is C29H38O4S. The molecule has 184 valence electrons. The standard InChI is InChI=1S/C29H38O4S/c1-19-5-8-23(9-6-19)34(31,32)33-18-20(2)25-11-12-26-24-10-7-21-17-22(30)13-15-28(21,3)27(24)14-16-29(25,26)4/h5-10,17,20,24-27H,11-16,18H2,1-4H3/t20-,24?,25-,26?,27?,28+,29-/m1/s1. The lowest BCUT2D eigenvalue weighted by Gasteiger charge is -2.56. The highest BCUT2D eigenvalue weighted by Crippen LogP contribution is 2.66. The molecule has 0 radical (unpaired) electrons. The van der Waals surface area contributed by atoms with Crippen LogP contribution in [-0.4, -0.2) is 20.8 Å². The minimum absolute atomic E-state index is 0.115. The third-order valence-electron chi connectivity index (χ3n) is 10.1. The van der Waals surface area contributed by atoms with Gasteiger partial charge < -0.3 is 0 Å². The van der Waals surface area contributed by atoms with Gasteiger partial charge in [0.05, 0.1) is 11.5 Å². The Labute approximate surface area is 205 Å². The maximum atomic E-state index is 12.7. The molecular weight excluding hydrogens is 444 g/mol. The summed E-state index contributed by atoms with van der Waals surface area (Å²) in [7, 11) is -3.74. The second kappa shape index (κ2) is 8.44. The summed E-state index contributed by atoms with van der Waals surface area (Å²) in [5, 5.41) is 0. The molecule has 2 saturated carbocycles. The third kappa shape index (κ3) is 3.83. The van der Waals surface area contributed by atoms with E-state index in [1.807, 2.05) is 25.1 Å². The Morgan fingerprint density at radius 1 is 1.06 bits per heavy atom. The Morgan fingerprint density at radius 2 is 1.79 bits per heavy atom. The first-order valence-electron chi connectivity index (χ1n) is 12.9. The summed E-state index contributed by atoms with van der Waals surface area (Å²) in [6, 6.07) is 6.87. The first-order chi connectivity index (χ1) is 16.0. The van der Waals surface area contributed by atoms with Crippen molar-refractivity contribution in [2.24, 2.45) is 40.4 Å². The molecule has 3 unspecified atom stereocenters. The van der Waals surface area contributed by atoms with E-state index in [1.54, 1.807) is 12.1 Å². The Kier molecular flexibility index (Phi) is 5.96. The molecule has 0 aliphatic heterocycles. The van der Waals surface area contributed by atoms with Gasteiger partial charge in [-0.2, -0.15) is 8.42 Å². The zero-order valence-corrected chi connectivity index (χ0v) is 21.7. The molecule has 34 heavy (non-hydrogen) atoms. The van der Waals surface area contributed by atoms with Crippen LogP contribution in [-0.2, 0) is 19.1 Å². The van der Waals surface area contributed by atoms with Crippen molar-refractivity contribution in [3.05, 3.63) is 53.6 Å². The largest absolute Gasteiger partial charge is 0.296 e. The number of hydrogen-bond acceptors (Lipinski definition) is 4. The first kappa shape index (κ1) is 24.0. The quantitative estimate of drug-likeness (QED) is 0.465. The number of carbonyl (C=O) groups excluding carboxylic acids is 1. The molecule has 7 atom stereocenters. The smallest absolute Gasteiger partial charge is 0.295 e. The SMILES string of the molecule is Cc1ccc(S(=O)(=O)OC[C@@H](C)[C@H]2CCC3C4C=CC5=CC(=O)CC[C@]5(C)C4CC[C@@]32C)cc1. The van der Waals surface area contributed by atoms with E-state index in [0.717, 1.165) is 18.4 Å². The lowest BCUT2D eigenvalue weighted by molar-refractivity contribution is -0.116. The number of rotatable bonds is 5. The van der Waals surface area contributed by atoms with Gasteiger partial charge in [-0.25, -0.2) is 0 Å². The number of allylic oxidation sites excluding steroid dienone is 4. The van der Waals surface area contributed by atoms with Crippen LogP contribution < -0.4 is 0 Å². The van der Waals surface area contributed by atoms with Crippen molar-refractivity contribution in [3.63, 3.8) is 0 Å². The van der Waals surface area contributed by atoms with Crippen molar-refractivity contribution in [1.82, 2.24) is 0 Å². The third-order valence-corrected chi connectivity index (χ3v) is 11.4. The van der Waals surface area contributed by atoms with Crippen LogP contribution in [0, 0.1) is 47.3 Å². The van der Waals surface area contributed by atoms with Crippen LogP contribution in [0.2, 0.25) is 0 Å². The topological polar surface area (TPSA) is 60.4 Å². The second-order valence-corrected chi connectivity index (χ2v) is 13.5. The summed E-state index contributed by atoms with van der Waals surface area (Å²) >= 11 is 0. The molecule has 0 aromatic heterocycles. The highest BCUT2D eigenvalue weighted by molar-refractivity contribution is 7.86. The Balaban J connectivity index is 1.31. The van der Waals surface area contributed by atoms with Crippen molar-refractivity contribution in [3.8, 4) is 0 Å². The van der Waals surface area contributed by atoms with E-state index >= 15 is 0 Å². The maximum Gasteiger partial charge on any atom is 0.296 e. The zero-order valence-electron chi connectivity index (χ0n) is 20.9. The molecule has 0 saturated heterocycles. The maximum absolute atomic E-state index is 12.7. The van der Waals surface area contributed by atoms with Crippen LogP contribution in [0.4, 0.5) is 0 Å². The van der Waals surface area contributed by atoms with E-state index in [1.165, 1.54) is 24.8 Å². The summed E-state index contributed by atoms with van der Waals surface area (Å²) < 4.78 is 31.1. The fourth-order valence-corrected chi connectivity index (χ4v) is 9.06. The number of hydrogen-bond donors (Lipinski definition) is 0. The molecule has 5 rings (SSSR count). The van der Waals surface area contributed by atoms with Crippen LogP contribution in [0.5, 0.6) is 0 Å². The van der Waals surface area contributed by atoms with E-state index in [0.29, 0.717) is 30.1 Å². The van der Waals surface area contributed by atoms with Crippen LogP contribution in [0.15, 0.2) is 53.0 Å². The molecule has 4 aliphatic carbocycles. The highest BCUT2D eigenvalue weighted by Gasteiger charge is 2.58. The van der Waals surface area contributed by atoms with Crippen LogP contribution in [0.25, 0.3) is 0 Å². The van der Waals surface area contributed by atoms with E-state index < -0.39 is 10.1 Å². The molecule has 4 nitrogen and oxygen atoms in total. The lowest BCUT2D eigenvalue weighted by atomic mass is 9.48. The van der Waals surface area contributed by atoms with E-state index in [9.17, 15) is 13.2 Å². The van der Waals surface area contributed by atoms with Gasteiger partial charge in [-0.05, 0) is 103 Å². The minimum Gasteiger partial charge on any atom is -0.295 e. The van der Waals surface area contributed by atoms with Gasteiger partial charge in [0.25, 0.3) is 10.1 Å². The molecule has 0 heterocycles. The molecule has 0 amide bonds. The van der Waals surface area contributed by atoms with Crippen molar-refractivity contribution in [2.75, 3.05) is 6.61 Å². The summed E-state index contributed by atoms with van der Waals surface area (Å²) in [4.78, 5) is 12.3. The van der Waals surface area contributed by atoms with Gasteiger partial charge in [0.2, 0.25) is 0 Å². The molecule has 0 spiro atoms. The highest BCUT2D eigenvalue weighted by atomic mass is 32.2. The van der Waals surface area contributed by atoms with Crippen LogP contribution >= 0.6 is 0 Å². The fraction of sp³-hybridized carbons (Fsp3) is 0.621. The average molecular weight is 483 g/mol. The summed E-state index contributed by atoms with van der Waals surface area (Å²) in [6.45, 7) is 9.18. The van der Waals surface area contributed by atoms with Crippen molar-refractivity contribution < 1.29 is 17.4 Å². The molecule has 2 fully saturated rings. The van der Waals surface area contributed by atoms with E-state index in [4.69, 9.17) is 4.18 Å². The minimum atomic E-state index is -3.74. The van der Waals surface area contributed by atoms with E-state index in [-0.39, 0.29) is 34.0 Å². The molecule has 5 heteroatoms. The van der Waals surface area contributed by atoms with Gasteiger partial charge in [-0.15, -0.1) is 0 Å². The predicted octanol–water partition coefficient (Wildman–Crippen LogP) is 6.26. The Morgan fingerprint density at radius 3 is 2.53 bits per heavy atom. The Hall–Kier alpha value is -1.72. The molecule has 4 aliphatic rings. The molecule has 0 bridgehead atoms. The Bertz CT molecular complexity index is 1130. The number of fused-ring (bicyclic) bond motifs is 5. The van der Waals surface area contributed by atoms with Crippen molar-refractivity contribution in [2.45, 2.75) is 71.1 Å². The van der Waals surface area contributed by atoms with Crippen LogP contribution in [0.1, 0.15) is 64.9 Å². The van der Waals surface area contributed by atoms with E-state index in [2.05, 4.69) is 32.9 Å². The fourth-order valence-electron chi connectivity index (χ4n) is 8.06. The van der Waals surface area contributed by atoms with Gasteiger partial charge >= 0.3 is 0 Å². The molecule has 1 aromatic rings. The second-order valence-electron chi connectivity index (χ2n) is 11.9.